The van der Waals surface area contributed by atoms with E-state index in [-0.39, 0.29) is 5.91 Å². The Labute approximate surface area is 142 Å². The predicted octanol–water partition coefficient (Wildman–Crippen LogP) is 2.85. The van der Waals surface area contributed by atoms with Gasteiger partial charge >= 0.3 is 0 Å². The standard InChI is InChI=1S/C16H18N4OS2/c1-11-4-5-12-14(10-11)23-16(20(12)8-9-22-3)18-15(21)13-6-7-17-19(13)2/h4-7,10H,8-9H2,1-3H3. The lowest BCUT2D eigenvalue weighted by atomic mass is 10.2. The first-order valence-corrected chi connectivity index (χ1v) is 9.47. The van der Waals surface area contributed by atoms with Crippen LogP contribution in [0.25, 0.3) is 10.2 Å². The predicted molar refractivity (Wildman–Crippen MR) is 96.0 cm³/mol. The average Bonchev–Trinajstić information content (AvgIpc) is 3.08. The highest BCUT2D eigenvalue weighted by molar-refractivity contribution is 7.98. The van der Waals surface area contributed by atoms with Gasteiger partial charge in [-0.2, -0.15) is 21.9 Å². The molecule has 0 atom stereocenters. The van der Waals surface area contributed by atoms with E-state index in [1.54, 1.807) is 47.1 Å². The SMILES string of the molecule is CSCCn1c(=NC(=O)c2ccnn2C)sc2cc(C)ccc21. The maximum Gasteiger partial charge on any atom is 0.297 e. The van der Waals surface area contributed by atoms with Gasteiger partial charge in [0.25, 0.3) is 5.91 Å². The van der Waals surface area contributed by atoms with Crippen LogP contribution in [0.5, 0.6) is 0 Å². The number of carbonyl (C=O) groups excluding carboxylic acids is 1. The van der Waals surface area contributed by atoms with Crippen molar-refractivity contribution >= 4 is 39.2 Å². The van der Waals surface area contributed by atoms with Crippen LogP contribution in [0.2, 0.25) is 0 Å². The van der Waals surface area contributed by atoms with Crippen molar-refractivity contribution < 1.29 is 4.79 Å². The lowest BCUT2D eigenvalue weighted by Crippen LogP contribution is -2.19. The van der Waals surface area contributed by atoms with Crippen molar-refractivity contribution in [1.82, 2.24) is 14.3 Å². The molecule has 1 amide bonds. The van der Waals surface area contributed by atoms with Crippen molar-refractivity contribution in [3.63, 3.8) is 0 Å². The molecule has 0 spiro atoms. The summed E-state index contributed by atoms with van der Waals surface area (Å²) >= 11 is 3.34. The Balaban J connectivity index is 2.13. The normalized spacial score (nSPS) is 12.2. The van der Waals surface area contributed by atoms with E-state index >= 15 is 0 Å². The molecule has 0 radical (unpaired) electrons. The molecule has 0 saturated carbocycles. The zero-order valence-electron chi connectivity index (χ0n) is 13.3. The summed E-state index contributed by atoms with van der Waals surface area (Å²) in [5.41, 5.74) is 2.83. The minimum atomic E-state index is -0.258. The highest BCUT2D eigenvalue weighted by Crippen LogP contribution is 2.19. The van der Waals surface area contributed by atoms with Crippen molar-refractivity contribution in [2.45, 2.75) is 13.5 Å². The molecule has 0 bridgehead atoms. The molecule has 0 aliphatic rings. The lowest BCUT2D eigenvalue weighted by molar-refractivity contribution is 0.0989. The van der Waals surface area contributed by atoms with E-state index in [9.17, 15) is 4.79 Å². The number of amides is 1. The van der Waals surface area contributed by atoms with Gasteiger partial charge in [-0.25, -0.2) is 0 Å². The molecule has 0 unspecified atom stereocenters. The zero-order valence-corrected chi connectivity index (χ0v) is 14.9. The van der Waals surface area contributed by atoms with Gasteiger partial charge in [0, 0.05) is 25.5 Å². The number of aromatic nitrogens is 3. The first-order valence-electron chi connectivity index (χ1n) is 7.26. The molecule has 0 N–H and O–H groups in total. The summed E-state index contributed by atoms with van der Waals surface area (Å²) in [4.78, 5) is 17.5. The van der Waals surface area contributed by atoms with E-state index in [4.69, 9.17) is 0 Å². The summed E-state index contributed by atoms with van der Waals surface area (Å²) < 4.78 is 4.84. The quantitative estimate of drug-likeness (QED) is 0.730. The third-order valence-corrected chi connectivity index (χ3v) is 5.23. The Morgan fingerprint density at radius 1 is 1.39 bits per heavy atom. The van der Waals surface area contributed by atoms with Crippen LogP contribution in [0.1, 0.15) is 16.1 Å². The molecule has 120 valence electrons. The van der Waals surface area contributed by atoms with Crippen LogP contribution in [-0.4, -0.2) is 32.3 Å². The molecule has 1 aromatic carbocycles. The second-order valence-electron chi connectivity index (χ2n) is 5.26. The number of hydrogen-bond acceptors (Lipinski definition) is 4. The fourth-order valence-corrected chi connectivity index (χ4v) is 3.91. The molecule has 0 fully saturated rings. The molecular weight excluding hydrogens is 328 g/mol. The third-order valence-electron chi connectivity index (χ3n) is 3.59. The van der Waals surface area contributed by atoms with E-state index in [2.05, 4.69) is 46.0 Å². The second kappa shape index (κ2) is 6.72. The van der Waals surface area contributed by atoms with Crippen molar-refractivity contribution in [3.8, 4) is 0 Å². The van der Waals surface area contributed by atoms with Crippen LogP contribution in [0.4, 0.5) is 0 Å². The van der Waals surface area contributed by atoms with Gasteiger partial charge in [-0.05, 0) is 36.9 Å². The molecule has 3 rings (SSSR count). The van der Waals surface area contributed by atoms with Gasteiger partial charge in [0.05, 0.1) is 10.2 Å². The summed E-state index contributed by atoms with van der Waals surface area (Å²) in [5, 5.41) is 4.03. The molecule has 5 nitrogen and oxygen atoms in total. The van der Waals surface area contributed by atoms with E-state index < -0.39 is 0 Å². The number of thioether (sulfide) groups is 1. The van der Waals surface area contributed by atoms with Crippen LogP contribution < -0.4 is 4.80 Å². The number of thiazole rings is 1. The maximum atomic E-state index is 12.4. The number of hydrogen-bond donors (Lipinski definition) is 0. The number of fused-ring (bicyclic) bond motifs is 1. The zero-order chi connectivity index (χ0) is 16.4. The Morgan fingerprint density at radius 3 is 2.91 bits per heavy atom. The van der Waals surface area contributed by atoms with Crippen molar-refractivity contribution in [2.24, 2.45) is 12.0 Å². The number of nitrogens with zero attached hydrogens (tertiary/aromatic N) is 4. The summed E-state index contributed by atoms with van der Waals surface area (Å²) in [6, 6.07) is 8.03. The molecule has 0 aliphatic carbocycles. The van der Waals surface area contributed by atoms with Crippen LogP contribution >= 0.6 is 23.1 Å². The molecule has 0 aliphatic heterocycles. The fourth-order valence-electron chi connectivity index (χ4n) is 2.39. The van der Waals surface area contributed by atoms with E-state index in [0.717, 1.165) is 27.3 Å². The minimum Gasteiger partial charge on any atom is -0.316 e. The molecule has 23 heavy (non-hydrogen) atoms. The Kier molecular flexibility index (Phi) is 4.68. The van der Waals surface area contributed by atoms with Gasteiger partial charge in [0.15, 0.2) is 4.80 Å². The Hall–Kier alpha value is -1.86. The van der Waals surface area contributed by atoms with Crippen LogP contribution in [-0.2, 0) is 13.6 Å². The number of aryl methyl sites for hydroxylation is 3. The molecule has 2 heterocycles. The van der Waals surface area contributed by atoms with Gasteiger partial charge in [0.1, 0.15) is 5.69 Å². The highest BCUT2D eigenvalue weighted by atomic mass is 32.2. The highest BCUT2D eigenvalue weighted by Gasteiger charge is 2.11. The number of benzene rings is 1. The number of rotatable bonds is 4. The van der Waals surface area contributed by atoms with Gasteiger partial charge in [0.2, 0.25) is 0 Å². The fraction of sp³-hybridized carbons (Fsp3) is 0.312. The number of carbonyl (C=O) groups is 1. The first-order chi connectivity index (χ1) is 11.1. The summed E-state index contributed by atoms with van der Waals surface area (Å²) in [6.45, 7) is 2.91. The lowest BCUT2D eigenvalue weighted by Gasteiger charge is -2.04. The molecule has 7 heteroatoms. The third kappa shape index (κ3) is 3.25. The molecule has 2 aromatic heterocycles. The monoisotopic (exact) mass is 346 g/mol. The molecule has 0 saturated heterocycles. The van der Waals surface area contributed by atoms with Crippen molar-refractivity contribution in [2.75, 3.05) is 12.0 Å². The smallest absolute Gasteiger partial charge is 0.297 e. The second-order valence-corrected chi connectivity index (χ2v) is 7.25. The average molecular weight is 346 g/mol. The van der Waals surface area contributed by atoms with Crippen LogP contribution in [0.15, 0.2) is 35.5 Å². The summed E-state index contributed by atoms with van der Waals surface area (Å²) in [5.74, 6) is 0.721. The van der Waals surface area contributed by atoms with Crippen molar-refractivity contribution in [3.05, 3.63) is 46.5 Å². The van der Waals surface area contributed by atoms with Gasteiger partial charge in [-0.15, -0.1) is 0 Å². The maximum absolute atomic E-state index is 12.4. The van der Waals surface area contributed by atoms with E-state index in [0.29, 0.717) is 5.69 Å². The molecular formula is C16H18N4OS2. The van der Waals surface area contributed by atoms with E-state index in [1.807, 2.05) is 0 Å². The summed E-state index contributed by atoms with van der Waals surface area (Å²) in [7, 11) is 1.75. The molecule has 3 aromatic rings. The first kappa shape index (κ1) is 16.0. The van der Waals surface area contributed by atoms with Gasteiger partial charge in [-0.3, -0.25) is 9.48 Å². The van der Waals surface area contributed by atoms with Gasteiger partial charge < -0.3 is 4.57 Å². The van der Waals surface area contributed by atoms with Crippen LogP contribution in [0.3, 0.4) is 0 Å². The summed E-state index contributed by atoms with van der Waals surface area (Å²) in [6.07, 6.45) is 3.69. The minimum absolute atomic E-state index is 0.258. The topological polar surface area (TPSA) is 52.2 Å². The largest absolute Gasteiger partial charge is 0.316 e. The Morgan fingerprint density at radius 2 is 2.22 bits per heavy atom. The van der Waals surface area contributed by atoms with Crippen molar-refractivity contribution in [1.29, 1.82) is 0 Å². The van der Waals surface area contributed by atoms with Crippen LogP contribution in [0, 0.1) is 6.92 Å². The Bertz CT molecular complexity index is 920. The van der Waals surface area contributed by atoms with E-state index in [1.165, 1.54) is 5.56 Å². The van der Waals surface area contributed by atoms with Gasteiger partial charge in [-0.1, -0.05) is 17.4 Å².